The van der Waals surface area contributed by atoms with Gasteiger partial charge in [0.15, 0.2) is 0 Å². The van der Waals surface area contributed by atoms with Crippen molar-refractivity contribution in [3.8, 4) is 0 Å². The minimum atomic E-state index is -0.135. The van der Waals surface area contributed by atoms with Crippen LogP contribution in [-0.4, -0.2) is 19.9 Å². The van der Waals surface area contributed by atoms with Crippen molar-refractivity contribution < 1.29 is 0 Å². The Morgan fingerprint density at radius 2 is 1.57 bits per heavy atom. The van der Waals surface area contributed by atoms with Crippen LogP contribution in [0.5, 0.6) is 0 Å². The lowest BCUT2D eigenvalue weighted by Gasteiger charge is -2.24. The third-order valence-corrected chi connectivity index (χ3v) is 5.17. The summed E-state index contributed by atoms with van der Waals surface area (Å²) in [5.74, 6) is 0. The standard InChI is InChI=1S/C24H26N4/c1-23(2,3)22-13-16-8-9-17(27-20(16)15-26-22)14-24(4,5)21-11-10-18-19(28-21)7-6-12-25-18/h6-13,15H,14H2,1-5H3. The largest absolute Gasteiger partial charge is 0.258 e. The summed E-state index contributed by atoms with van der Waals surface area (Å²) < 4.78 is 0. The van der Waals surface area contributed by atoms with Gasteiger partial charge in [0, 0.05) is 45.9 Å². The zero-order chi connectivity index (χ0) is 19.9. The highest BCUT2D eigenvalue weighted by molar-refractivity contribution is 5.78. The molecule has 0 spiro atoms. The first kappa shape index (κ1) is 18.5. The second kappa shape index (κ2) is 6.62. The van der Waals surface area contributed by atoms with E-state index in [1.54, 1.807) is 6.20 Å². The fourth-order valence-corrected chi connectivity index (χ4v) is 3.45. The Hall–Kier alpha value is -2.88. The molecule has 0 bridgehead atoms. The van der Waals surface area contributed by atoms with E-state index in [1.165, 1.54) is 0 Å². The molecule has 4 aromatic rings. The van der Waals surface area contributed by atoms with E-state index in [0.29, 0.717) is 0 Å². The van der Waals surface area contributed by atoms with E-state index in [9.17, 15) is 0 Å². The van der Waals surface area contributed by atoms with Crippen LogP contribution in [-0.2, 0) is 17.3 Å². The van der Waals surface area contributed by atoms with Crippen LogP contribution in [0.3, 0.4) is 0 Å². The highest BCUT2D eigenvalue weighted by Gasteiger charge is 2.24. The summed E-state index contributed by atoms with van der Waals surface area (Å²) in [4.78, 5) is 18.7. The van der Waals surface area contributed by atoms with Crippen molar-refractivity contribution in [3.63, 3.8) is 0 Å². The molecule has 0 fully saturated rings. The van der Waals surface area contributed by atoms with E-state index < -0.39 is 0 Å². The van der Waals surface area contributed by atoms with E-state index in [2.05, 4.69) is 68.9 Å². The average molecular weight is 370 g/mol. The van der Waals surface area contributed by atoms with Crippen LogP contribution in [0.15, 0.2) is 54.9 Å². The maximum Gasteiger partial charge on any atom is 0.0890 e. The van der Waals surface area contributed by atoms with Gasteiger partial charge in [0.25, 0.3) is 0 Å². The van der Waals surface area contributed by atoms with Crippen LogP contribution >= 0.6 is 0 Å². The molecule has 4 nitrogen and oxygen atoms in total. The number of fused-ring (bicyclic) bond motifs is 2. The first-order chi connectivity index (χ1) is 13.2. The fraction of sp³-hybridized carbons (Fsp3) is 0.333. The predicted molar refractivity (Wildman–Crippen MR) is 115 cm³/mol. The van der Waals surface area contributed by atoms with Crippen molar-refractivity contribution in [2.45, 2.75) is 51.9 Å². The molecule has 4 aromatic heterocycles. The second-order valence-corrected chi connectivity index (χ2v) is 9.11. The molecule has 0 aliphatic carbocycles. The number of hydrogen-bond acceptors (Lipinski definition) is 4. The Bertz CT molecular complexity index is 1160. The third-order valence-electron chi connectivity index (χ3n) is 5.17. The van der Waals surface area contributed by atoms with Crippen molar-refractivity contribution in [3.05, 3.63) is 71.9 Å². The zero-order valence-electron chi connectivity index (χ0n) is 17.2. The van der Waals surface area contributed by atoms with Gasteiger partial charge in [-0.1, -0.05) is 40.7 Å². The maximum atomic E-state index is 4.87. The monoisotopic (exact) mass is 370 g/mol. The van der Waals surface area contributed by atoms with E-state index in [4.69, 9.17) is 9.97 Å². The van der Waals surface area contributed by atoms with Gasteiger partial charge >= 0.3 is 0 Å². The van der Waals surface area contributed by atoms with Gasteiger partial charge in [-0.05, 0) is 36.4 Å². The topological polar surface area (TPSA) is 51.6 Å². The van der Waals surface area contributed by atoms with E-state index in [0.717, 1.165) is 45.4 Å². The van der Waals surface area contributed by atoms with Gasteiger partial charge in [0.05, 0.1) is 22.7 Å². The normalized spacial score (nSPS) is 12.6. The maximum absolute atomic E-state index is 4.87. The van der Waals surface area contributed by atoms with Crippen molar-refractivity contribution in [1.29, 1.82) is 0 Å². The first-order valence-corrected chi connectivity index (χ1v) is 9.71. The third kappa shape index (κ3) is 3.59. The average Bonchev–Trinajstić information content (AvgIpc) is 2.66. The quantitative estimate of drug-likeness (QED) is 0.485. The van der Waals surface area contributed by atoms with Gasteiger partial charge in [0.2, 0.25) is 0 Å². The minimum Gasteiger partial charge on any atom is -0.258 e. The zero-order valence-corrected chi connectivity index (χ0v) is 17.2. The Morgan fingerprint density at radius 1 is 0.750 bits per heavy atom. The van der Waals surface area contributed by atoms with Gasteiger partial charge in [-0.15, -0.1) is 0 Å². The molecule has 0 radical (unpaired) electrons. The number of nitrogens with zero attached hydrogens (tertiary/aromatic N) is 4. The fourth-order valence-electron chi connectivity index (χ4n) is 3.45. The molecule has 0 aromatic carbocycles. The smallest absolute Gasteiger partial charge is 0.0890 e. The van der Waals surface area contributed by atoms with Crippen molar-refractivity contribution in [1.82, 2.24) is 19.9 Å². The lowest BCUT2D eigenvalue weighted by molar-refractivity contribution is 0.501. The molecule has 0 aliphatic rings. The molecule has 0 N–H and O–H groups in total. The van der Waals surface area contributed by atoms with Gasteiger partial charge < -0.3 is 0 Å². The highest BCUT2D eigenvalue weighted by Crippen LogP contribution is 2.28. The molecular formula is C24H26N4. The van der Waals surface area contributed by atoms with Crippen LogP contribution in [0.25, 0.3) is 21.9 Å². The Balaban J connectivity index is 1.65. The summed E-state index contributed by atoms with van der Waals surface area (Å²) >= 11 is 0. The summed E-state index contributed by atoms with van der Waals surface area (Å²) in [6.07, 6.45) is 4.50. The Morgan fingerprint density at radius 3 is 2.36 bits per heavy atom. The van der Waals surface area contributed by atoms with E-state index in [1.807, 2.05) is 24.4 Å². The first-order valence-electron chi connectivity index (χ1n) is 9.71. The number of hydrogen-bond donors (Lipinski definition) is 0. The summed E-state index contributed by atoms with van der Waals surface area (Å²) in [5.41, 5.74) is 5.88. The molecule has 4 rings (SSSR count). The summed E-state index contributed by atoms with van der Waals surface area (Å²) in [6.45, 7) is 11.0. The van der Waals surface area contributed by atoms with Crippen molar-refractivity contribution in [2.24, 2.45) is 0 Å². The summed E-state index contributed by atoms with van der Waals surface area (Å²) in [6, 6.07) is 14.5. The van der Waals surface area contributed by atoms with Crippen LogP contribution in [0.4, 0.5) is 0 Å². The number of rotatable bonds is 3. The highest BCUT2D eigenvalue weighted by atomic mass is 14.8. The van der Waals surface area contributed by atoms with Gasteiger partial charge in [-0.25, -0.2) is 0 Å². The van der Waals surface area contributed by atoms with Gasteiger partial charge in [0.1, 0.15) is 0 Å². The summed E-state index contributed by atoms with van der Waals surface area (Å²) in [5, 5.41) is 1.14. The summed E-state index contributed by atoms with van der Waals surface area (Å²) in [7, 11) is 0. The van der Waals surface area contributed by atoms with Crippen LogP contribution in [0, 0.1) is 0 Å². The SMILES string of the molecule is CC(C)(C)c1cc2ccc(CC(C)(C)c3ccc4ncccc4n3)nc2cn1. The predicted octanol–water partition coefficient (Wildman–Crippen LogP) is 5.39. The molecule has 4 heterocycles. The molecule has 0 atom stereocenters. The van der Waals surface area contributed by atoms with E-state index in [-0.39, 0.29) is 10.8 Å². The molecular weight excluding hydrogens is 344 g/mol. The molecule has 4 heteroatoms. The van der Waals surface area contributed by atoms with Crippen LogP contribution in [0.1, 0.15) is 51.7 Å². The van der Waals surface area contributed by atoms with Gasteiger partial charge in [-0.3, -0.25) is 19.9 Å². The Labute approximate surface area is 166 Å². The molecule has 28 heavy (non-hydrogen) atoms. The molecule has 0 aliphatic heterocycles. The minimum absolute atomic E-state index is 0.0332. The van der Waals surface area contributed by atoms with Crippen LogP contribution < -0.4 is 0 Å². The molecule has 0 saturated heterocycles. The number of pyridine rings is 4. The van der Waals surface area contributed by atoms with Crippen molar-refractivity contribution >= 4 is 21.9 Å². The van der Waals surface area contributed by atoms with Crippen LogP contribution in [0.2, 0.25) is 0 Å². The molecule has 0 saturated carbocycles. The lowest BCUT2D eigenvalue weighted by atomic mass is 9.83. The second-order valence-electron chi connectivity index (χ2n) is 9.11. The Kier molecular flexibility index (Phi) is 4.37. The van der Waals surface area contributed by atoms with Gasteiger partial charge in [-0.2, -0.15) is 0 Å². The molecule has 0 unspecified atom stereocenters. The molecule has 0 amide bonds. The molecule has 142 valence electrons. The van der Waals surface area contributed by atoms with Crippen molar-refractivity contribution in [2.75, 3.05) is 0 Å². The lowest BCUT2D eigenvalue weighted by Crippen LogP contribution is -2.22. The van der Waals surface area contributed by atoms with E-state index >= 15 is 0 Å². The number of aromatic nitrogens is 4.